The van der Waals surface area contributed by atoms with Gasteiger partial charge in [-0.2, -0.15) is 4.57 Å². The molecule has 1 heterocycles. The molecular weight excluding hydrogens is 264 g/mol. The predicted molar refractivity (Wildman–Crippen MR) is 71.8 cm³/mol. The topological polar surface area (TPSA) is 53.5 Å². The molecule has 0 saturated heterocycles. The highest BCUT2D eigenvalue weighted by Crippen LogP contribution is 2.15. The number of pyridine rings is 1. The zero-order valence-electron chi connectivity index (χ0n) is 10.0. The third-order valence-corrected chi connectivity index (χ3v) is 2.92. The summed E-state index contributed by atoms with van der Waals surface area (Å²) in [4.78, 5) is 12.1. The first kappa shape index (κ1) is 13.2. The van der Waals surface area contributed by atoms with E-state index >= 15 is 0 Å². The Morgan fingerprint density at radius 1 is 1.32 bits per heavy atom. The number of carbonyl (C=O) groups is 1. The van der Waals surface area contributed by atoms with Crippen molar-refractivity contribution in [2.24, 2.45) is 5.16 Å². The largest absolute Gasteiger partial charge is 0.411 e. The van der Waals surface area contributed by atoms with E-state index in [0.29, 0.717) is 16.1 Å². The Labute approximate surface area is 115 Å². The fourth-order valence-corrected chi connectivity index (χ4v) is 1.96. The van der Waals surface area contributed by atoms with Crippen LogP contribution >= 0.6 is 11.6 Å². The second-order valence-corrected chi connectivity index (χ2v) is 4.36. The summed E-state index contributed by atoms with van der Waals surface area (Å²) in [6.07, 6.45) is 4.79. The second kappa shape index (κ2) is 6.11. The third-order valence-electron chi connectivity index (χ3n) is 2.59. The standard InChI is InChI=1S/C14H11ClN2O2/c15-13-6-2-1-5-12(13)14(18)10-17-7-3-4-11(9-17)8-16-19/h1-9H,10H2/p+1. The van der Waals surface area contributed by atoms with E-state index in [-0.39, 0.29) is 12.3 Å². The van der Waals surface area contributed by atoms with Crippen molar-refractivity contribution in [2.45, 2.75) is 6.54 Å². The maximum absolute atomic E-state index is 12.1. The van der Waals surface area contributed by atoms with Crippen LogP contribution in [0.1, 0.15) is 15.9 Å². The zero-order valence-corrected chi connectivity index (χ0v) is 10.8. The number of aromatic nitrogens is 1. The Bertz CT molecular complexity index is 626. The van der Waals surface area contributed by atoms with Crippen LogP contribution < -0.4 is 4.57 Å². The lowest BCUT2D eigenvalue weighted by Gasteiger charge is -2.01. The highest BCUT2D eigenvalue weighted by Gasteiger charge is 2.14. The molecule has 0 spiro atoms. The van der Waals surface area contributed by atoms with Gasteiger partial charge in [0.1, 0.15) is 0 Å². The first-order chi connectivity index (χ1) is 9.20. The van der Waals surface area contributed by atoms with E-state index < -0.39 is 0 Å². The van der Waals surface area contributed by atoms with Gasteiger partial charge in [-0.05, 0) is 18.2 Å². The van der Waals surface area contributed by atoms with Crippen molar-refractivity contribution in [2.75, 3.05) is 0 Å². The molecule has 1 aromatic heterocycles. The molecule has 19 heavy (non-hydrogen) atoms. The van der Waals surface area contributed by atoms with Gasteiger partial charge in [0.25, 0.3) is 0 Å². The van der Waals surface area contributed by atoms with Gasteiger partial charge in [-0.15, -0.1) is 0 Å². The summed E-state index contributed by atoms with van der Waals surface area (Å²) in [6, 6.07) is 10.5. The minimum Gasteiger partial charge on any atom is -0.411 e. The van der Waals surface area contributed by atoms with Crippen molar-refractivity contribution >= 4 is 23.6 Å². The first-order valence-electron chi connectivity index (χ1n) is 5.65. The number of hydrogen-bond donors (Lipinski definition) is 1. The van der Waals surface area contributed by atoms with Crippen molar-refractivity contribution in [1.29, 1.82) is 0 Å². The monoisotopic (exact) mass is 275 g/mol. The number of halogens is 1. The molecule has 0 aliphatic carbocycles. The van der Waals surface area contributed by atoms with E-state index in [4.69, 9.17) is 16.8 Å². The number of benzene rings is 1. The molecule has 0 radical (unpaired) electrons. The van der Waals surface area contributed by atoms with E-state index in [0.717, 1.165) is 0 Å². The number of carbonyl (C=O) groups excluding carboxylic acids is 1. The van der Waals surface area contributed by atoms with Gasteiger partial charge in [0.05, 0.1) is 16.8 Å². The van der Waals surface area contributed by atoms with Crippen LogP contribution in [0.15, 0.2) is 53.9 Å². The van der Waals surface area contributed by atoms with Gasteiger partial charge >= 0.3 is 0 Å². The van der Waals surface area contributed by atoms with Gasteiger partial charge in [-0.25, -0.2) is 0 Å². The maximum atomic E-state index is 12.1. The Morgan fingerprint density at radius 2 is 2.11 bits per heavy atom. The first-order valence-corrected chi connectivity index (χ1v) is 6.03. The molecule has 0 fully saturated rings. The Hall–Kier alpha value is -2.20. The third kappa shape index (κ3) is 3.39. The van der Waals surface area contributed by atoms with Gasteiger partial charge in [0, 0.05) is 11.6 Å². The summed E-state index contributed by atoms with van der Waals surface area (Å²) in [6.45, 7) is 0.177. The summed E-state index contributed by atoms with van der Waals surface area (Å²) in [5.74, 6) is -0.0753. The van der Waals surface area contributed by atoms with Gasteiger partial charge in [-0.3, -0.25) is 4.79 Å². The molecule has 5 heteroatoms. The summed E-state index contributed by atoms with van der Waals surface area (Å²) >= 11 is 5.98. The van der Waals surface area contributed by atoms with E-state index in [9.17, 15) is 4.79 Å². The van der Waals surface area contributed by atoms with Crippen LogP contribution in [0.4, 0.5) is 0 Å². The smallest absolute Gasteiger partial charge is 0.229 e. The van der Waals surface area contributed by atoms with Crippen LogP contribution in [0, 0.1) is 0 Å². The lowest BCUT2D eigenvalue weighted by molar-refractivity contribution is -0.683. The number of hydrogen-bond acceptors (Lipinski definition) is 3. The minimum atomic E-state index is -0.0753. The van der Waals surface area contributed by atoms with E-state index in [1.54, 1.807) is 53.4 Å². The van der Waals surface area contributed by atoms with Crippen molar-refractivity contribution in [3.05, 3.63) is 64.9 Å². The Balaban J connectivity index is 2.20. The van der Waals surface area contributed by atoms with Crippen molar-refractivity contribution < 1.29 is 14.6 Å². The minimum absolute atomic E-state index is 0.0753. The molecule has 0 amide bonds. The molecule has 1 aromatic carbocycles. The van der Waals surface area contributed by atoms with Gasteiger partial charge in [0.15, 0.2) is 12.4 Å². The SMILES string of the molecule is O=C(C[n+]1cccc(C=NO)c1)c1ccccc1Cl. The molecule has 4 nitrogen and oxygen atoms in total. The van der Waals surface area contributed by atoms with Crippen LogP contribution in [0.2, 0.25) is 5.02 Å². The van der Waals surface area contributed by atoms with E-state index in [1.165, 1.54) is 6.21 Å². The highest BCUT2D eigenvalue weighted by atomic mass is 35.5. The van der Waals surface area contributed by atoms with E-state index in [2.05, 4.69) is 5.16 Å². The molecule has 0 aliphatic heterocycles. The average Bonchev–Trinajstić information content (AvgIpc) is 2.40. The molecule has 2 rings (SSSR count). The Morgan fingerprint density at radius 3 is 2.84 bits per heavy atom. The summed E-state index contributed by atoms with van der Waals surface area (Å²) in [7, 11) is 0. The lowest BCUT2D eigenvalue weighted by atomic mass is 10.1. The molecule has 0 saturated carbocycles. The highest BCUT2D eigenvalue weighted by molar-refractivity contribution is 6.33. The Kier molecular flexibility index (Phi) is 4.26. The van der Waals surface area contributed by atoms with Crippen LogP contribution in [0.5, 0.6) is 0 Å². The average molecular weight is 276 g/mol. The van der Waals surface area contributed by atoms with Crippen LogP contribution in [-0.2, 0) is 6.54 Å². The van der Waals surface area contributed by atoms with Crippen LogP contribution in [0.3, 0.4) is 0 Å². The second-order valence-electron chi connectivity index (χ2n) is 3.96. The molecule has 0 atom stereocenters. The van der Waals surface area contributed by atoms with Crippen molar-refractivity contribution in [1.82, 2.24) is 0 Å². The predicted octanol–water partition coefficient (Wildman–Crippen LogP) is 2.32. The molecule has 1 N–H and O–H groups in total. The van der Waals surface area contributed by atoms with Gasteiger partial charge in [0.2, 0.25) is 12.3 Å². The summed E-state index contributed by atoms with van der Waals surface area (Å²) in [5, 5.41) is 11.9. The van der Waals surface area contributed by atoms with Crippen LogP contribution in [0.25, 0.3) is 0 Å². The van der Waals surface area contributed by atoms with Gasteiger partial charge < -0.3 is 5.21 Å². The van der Waals surface area contributed by atoms with Gasteiger partial charge in [-0.1, -0.05) is 28.9 Å². The number of Topliss-reactive ketones (excluding diaryl/α,β-unsaturated/α-hetero) is 1. The molecule has 0 aliphatic rings. The normalized spacial score (nSPS) is 10.8. The zero-order chi connectivity index (χ0) is 13.7. The molecule has 2 aromatic rings. The lowest BCUT2D eigenvalue weighted by Crippen LogP contribution is -2.37. The van der Waals surface area contributed by atoms with E-state index in [1.807, 2.05) is 0 Å². The fourth-order valence-electron chi connectivity index (χ4n) is 1.72. The summed E-state index contributed by atoms with van der Waals surface area (Å²) in [5.41, 5.74) is 1.20. The molecule has 0 bridgehead atoms. The quantitative estimate of drug-likeness (QED) is 0.306. The van der Waals surface area contributed by atoms with Crippen LogP contribution in [-0.4, -0.2) is 17.2 Å². The number of ketones is 1. The number of oxime groups is 1. The van der Waals surface area contributed by atoms with Crippen molar-refractivity contribution in [3.8, 4) is 0 Å². The van der Waals surface area contributed by atoms with Crippen molar-refractivity contribution in [3.63, 3.8) is 0 Å². The fraction of sp³-hybridized carbons (Fsp3) is 0.0714. The maximum Gasteiger partial charge on any atom is 0.229 e. The molecule has 96 valence electrons. The number of nitrogens with zero attached hydrogens (tertiary/aromatic N) is 2. The summed E-state index contributed by atoms with van der Waals surface area (Å²) < 4.78 is 1.71. The number of rotatable bonds is 4. The molecule has 0 unspecified atom stereocenters. The molecular formula is C14H12ClN2O2+.